The molecule has 8 heteroatoms. The number of anilines is 3. The van der Waals surface area contributed by atoms with Gasteiger partial charge in [-0.1, -0.05) is 0 Å². The third-order valence-corrected chi connectivity index (χ3v) is 4.46. The Hall–Kier alpha value is -3.29. The van der Waals surface area contributed by atoms with Gasteiger partial charge >= 0.3 is 0 Å². The third-order valence-electron chi connectivity index (χ3n) is 4.46. The van der Waals surface area contributed by atoms with Crippen LogP contribution in [0.15, 0.2) is 36.5 Å². The van der Waals surface area contributed by atoms with Crippen LogP contribution in [0.3, 0.4) is 0 Å². The fraction of sp³-hybridized carbons (Fsp3) is 0.316. The van der Waals surface area contributed by atoms with Crippen LogP contribution in [0.25, 0.3) is 0 Å². The largest absolute Gasteiger partial charge is 0.489 e. The first-order valence-corrected chi connectivity index (χ1v) is 8.58. The molecule has 1 aliphatic rings. The Kier molecular flexibility index (Phi) is 5.16. The maximum absolute atomic E-state index is 12.4. The van der Waals surface area contributed by atoms with E-state index >= 15 is 0 Å². The lowest BCUT2D eigenvalue weighted by Crippen LogP contribution is -2.42. The molecule has 1 atom stereocenters. The standard InChI is InChI=1S/C19H23N5O3/c1-23(2)19(26)12-4-6-16-15(8-12)24(3)14(11-27-16)9-18(25)22-13-5-7-17(20)21-10-13/h4-8,10,14H,9,11H2,1-3H3,(H2,20,21)(H,22,25). The van der Waals surface area contributed by atoms with Crippen molar-refractivity contribution in [2.45, 2.75) is 12.5 Å². The number of hydrogen-bond acceptors (Lipinski definition) is 6. The highest BCUT2D eigenvalue weighted by Gasteiger charge is 2.28. The van der Waals surface area contributed by atoms with Gasteiger partial charge in [-0.25, -0.2) is 4.98 Å². The zero-order chi connectivity index (χ0) is 19.6. The molecule has 0 saturated heterocycles. The summed E-state index contributed by atoms with van der Waals surface area (Å²) in [5.41, 5.74) is 7.51. The predicted octanol–water partition coefficient (Wildman–Crippen LogP) is 1.59. The van der Waals surface area contributed by atoms with Crippen LogP contribution in [-0.4, -0.2) is 55.5 Å². The van der Waals surface area contributed by atoms with Gasteiger partial charge in [0.15, 0.2) is 0 Å². The molecule has 0 radical (unpaired) electrons. The van der Waals surface area contributed by atoms with Gasteiger partial charge in [-0.05, 0) is 30.3 Å². The molecule has 0 bridgehead atoms. The number of amides is 2. The lowest BCUT2D eigenvalue weighted by atomic mass is 10.1. The van der Waals surface area contributed by atoms with Crippen LogP contribution < -0.4 is 20.7 Å². The molecule has 142 valence electrons. The minimum absolute atomic E-state index is 0.0816. The van der Waals surface area contributed by atoms with Crippen LogP contribution in [0, 0.1) is 0 Å². The molecule has 27 heavy (non-hydrogen) atoms. The first-order valence-electron chi connectivity index (χ1n) is 8.58. The number of rotatable bonds is 4. The van der Waals surface area contributed by atoms with Crippen molar-refractivity contribution in [1.29, 1.82) is 0 Å². The Morgan fingerprint density at radius 2 is 2.11 bits per heavy atom. The molecule has 1 aromatic heterocycles. The Bertz CT molecular complexity index is 851. The number of aromatic nitrogens is 1. The van der Waals surface area contributed by atoms with E-state index in [2.05, 4.69) is 10.3 Å². The summed E-state index contributed by atoms with van der Waals surface area (Å²) in [5.74, 6) is 0.869. The molecule has 0 fully saturated rings. The second-order valence-electron chi connectivity index (χ2n) is 6.68. The monoisotopic (exact) mass is 369 g/mol. The Labute approximate surface area is 157 Å². The number of carbonyl (C=O) groups is 2. The van der Waals surface area contributed by atoms with E-state index < -0.39 is 0 Å². The highest BCUT2D eigenvalue weighted by molar-refractivity contribution is 5.95. The molecule has 2 aromatic rings. The van der Waals surface area contributed by atoms with Crippen molar-refractivity contribution in [2.75, 3.05) is 43.7 Å². The number of nitrogens with two attached hydrogens (primary N) is 1. The minimum atomic E-state index is -0.149. The smallest absolute Gasteiger partial charge is 0.253 e. The molecule has 2 heterocycles. The molecule has 3 N–H and O–H groups in total. The summed E-state index contributed by atoms with van der Waals surface area (Å²) in [5, 5.41) is 2.81. The van der Waals surface area contributed by atoms with Crippen molar-refractivity contribution in [3.8, 4) is 5.75 Å². The van der Waals surface area contributed by atoms with Gasteiger partial charge < -0.3 is 25.6 Å². The highest BCUT2D eigenvalue weighted by Crippen LogP contribution is 2.34. The topological polar surface area (TPSA) is 101 Å². The summed E-state index contributed by atoms with van der Waals surface area (Å²) < 4.78 is 5.79. The van der Waals surface area contributed by atoms with Crippen LogP contribution in [0.5, 0.6) is 5.75 Å². The van der Waals surface area contributed by atoms with Crippen LogP contribution in [0.2, 0.25) is 0 Å². The normalized spacial score (nSPS) is 15.5. The average Bonchev–Trinajstić information content (AvgIpc) is 2.65. The number of hydrogen-bond donors (Lipinski definition) is 2. The van der Waals surface area contributed by atoms with Gasteiger partial charge in [0.25, 0.3) is 5.91 Å². The molecule has 1 aromatic carbocycles. The summed E-state index contributed by atoms with van der Waals surface area (Å²) in [6, 6.07) is 8.52. The highest BCUT2D eigenvalue weighted by atomic mass is 16.5. The van der Waals surface area contributed by atoms with Crippen molar-refractivity contribution in [1.82, 2.24) is 9.88 Å². The first-order chi connectivity index (χ1) is 12.8. The van der Waals surface area contributed by atoms with Crippen molar-refractivity contribution >= 4 is 29.0 Å². The second-order valence-corrected chi connectivity index (χ2v) is 6.68. The molecule has 1 aliphatic heterocycles. The van der Waals surface area contributed by atoms with E-state index in [4.69, 9.17) is 10.5 Å². The second kappa shape index (κ2) is 7.53. The van der Waals surface area contributed by atoms with Crippen molar-refractivity contribution < 1.29 is 14.3 Å². The van der Waals surface area contributed by atoms with Gasteiger partial charge in [0.1, 0.15) is 18.2 Å². The molecule has 0 saturated carbocycles. The van der Waals surface area contributed by atoms with Gasteiger partial charge in [-0.2, -0.15) is 0 Å². The van der Waals surface area contributed by atoms with E-state index in [1.54, 1.807) is 44.4 Å². The average molecular weight is 369 g/mol. The van der Waals surface area contributed by atoms with Gasteiger partial charge in [0.05, 0.1) is 30.0 Å². The molecule has 3 rings (SSSR count). The fourth-order valence-corrected chi connectivity index (χ4v) is 2.90. The lowest BCUT2D eigenvalue weighted by molar-refractivity contribution is -0.116. The van der Waals surface area contributed by atoms with E-state index in [1.165, 1.54) is 11.1 Å². The van der Waals surface area contributed by atoms with Crippen molar-refractivity contribution in [2.24, 2.45) is 0 Å². The molecule has 1 unspecified atom stereocenters. The molecule has 2 amide bonds. The first kappa shape index (κ1) is 18.5. The zero-order valence-electron chi connectivity index (χ0n) is 15.6. The summed E-state index contributed by atoms with van der Waals surface area (Å²) in [4.78, 5) is 32.0. The third kappa shape index (κ3) is 4.11. The Morgan fingerprint density at radius 3 is 2.78 bits per heavy atom. The maximum Gasteiger partial charge on any atom is 0.253 e. The van der Waals surface area contributed by atoms with E-state index in [-0.39, 0.29) is 24.3 Å². The number of likely N-dealkylation sites (N-methyl/N-ethyl adjacent to an activating group) is 1. The van der Waals surface area contributed by atoms with Crippen LogP contribution in [0.1, 0.15) is 16.8 Å². The molecule has 0 aliphatic carbocycles. The number of benzene rings is 1. The molecule has 0 spiro atoms. The van der Waals surface area contributed by atoms with E-state index in [9.17, 15) is 9.59 Å². The number of nitrogen functional groups attached to an aromatic ring is 1. The summed E-state index contributed by atoms with van der Waals surface area (Å²) in [6.45, 7) is 0.387. The number of pyridine rings is 1. The number of fused-ring (bicyclic) bond motifs is 1. The summed E-state index contributed by atoms with van der Waals surface area (Å²) in [7, 11) is 5.32. The van der Waals surface area contributed by atoms with Crippen molar-refractivity contribution in [3.63, 3.8) is 0 Å². The number of nitrogens with zero attached hydrogens (tertiary/aromatic N) is 3. The van der Waals surface area contributed by atoms with Gasteiger partial charge in [-0.3, -0.25) is 9.59 Å². The lowest BCUT2D eigenvalue weighted by Gasteiger charge is -2.35. The van der Waals surface area contributed by atoms with Gasteiger partial charge in [0.2, 0.25) is 5.91 Å². The molecule has 8 nitrogen and oxygen atoms in total. The Balaban J connectivity index is 1.70. The van der Waals surface area contributed by atoms with E-state index in [0.717, 1.165) is 5.69 Å². The SMILES string of the molecule is CN(C)C(=O)c1ccc2c(c1)N(C)C(CC(=O)Nc1ccc(N)nc1)CO2. The Morgan fingerprint density at radius 1 is 1.33 bits per heavy atom. The van der Waals surface area contributed by atoms with E-state index in [1.807, 2.05) is 11.9 Å². The van der Waals surface area contributed by atoms with Crippen molar-refractivity contribution in [3.05, 3.63) is 42.1 Å². The molecular formula is C19H23N5O3. The van der Waals surface area contributed by atoms with Crippen LogP contribution >= 0.6 is 0 Å². The quantitative estimate of drug-likeness (QED) is 0.849. The number of ether oxygens (including phenoxy) is 1. The van der Waals surface area contributed by atoms with Gasteiger partial charge in [0, 0.05) is 26.7 Å². The number of nitrogens with one attached hydrogen (secondary N) is 1. The zero-order valence-corrected chi connectivity index (χ0v) is 15.6. The van der Waals surface area contributed by atoms with E-state index in [0.29, 0.717) is 29.4 Å². The fourth-order valence-electron chi connectivity index (χ4n) is 2.90. The summed E-state index contributed by atoms with van der Waals surface area (Å²) in [6.07, 6.45) is 1.76. The molecular weight excluding hydrogens is 346 g/mol. The summed E-state index contributed by atoms with van der Waals surface area (Å²) >= 11 is 0. The van der Waals surface area contributed by atoms with Crippen LogP contribution in [-0.2, 0) is 4.79 Å². The number of carbonyl (C=O) groups excluding carboxylic acids is 2. The predicted molar refractivity (Wildman–Crippen MR) is 104 cm³/mol. The van der Waals surface area contributed by atoms with Crippen LogP contribution in [0.4, 0.5) is 17.2 Å². The minimum Gasteiger partial charge on any atom is -0.489 e. The van der Waals surface area contributed by atoms with Gasteiger partial charge in [-0.15, -0.1) is 0 Å². The maximum atomic E-state index is 12.4.